The molecule has 90 valence electrons. The summed E-state index contributed by atoms with van der Waals surface area (Å²) in [7, 11) is 0. The molecular weight excluding hydrogens is 212 g/mol. The van der Waals surface area contributed by atoms with Crippen LogP contribution in [0.2, 0.25) is 0 Å². The lowest BCUT2D eigenvalue weighted by Gasteiger charge is -2.09. The number of ether oxygens (including phenoxy) is 1. The van der Waals surface area contributed by atoms with Crippen molar-refractivity contribution in [3.63, 3.8) is 0 Å². The number of hydrogen-bond donors (Lipinski definition) is 1. The van der Waals surface area contributed by atoms with Gasteiger partial charge in [0.15, 0.2) is 0 Å². The first-order valence-corrected chi connectivity index (χ1v) is 5.88. The molecule has 0 amide bonds. The van der Waals surface area contributed by atoms with Crippen molar-refractivity contribution in [3.05, 3.63) is 35.9 Å². The lowest BCUT2D eigenvalue weighted by atomic mass is 10.1. The Labute approximate surface area is 102 Å². The zero-order valence-corrected chi connectivity index (χ0v) is 10.3. The Morgan fingerprint density at radius 2 is 2.06 bits per heavy atom. The molecule has 0 saturated heterocycles. The van der Waals surface area contributed by atoms with Gasteiger partial charge in [-0.2, -0.15) is 0 Å². The van der Waals surface area contributed by atoms with Crippen molar-refractivity contribution in [2.45, 2.75) is 20.5 Å². The number of rotatable bonds is 4. The molecular formula is C14H18N2O. The maximum atomic E-state index is 5.91. The topological polar surface area (TPSA) is 48.1 Å². The van der Waals surface area contributed by atoms with Gasteiger partial charge < -0.3 is 10.5 Å². The lowest BCUT2D eigenvalue weighted by Crippen LogP contribution is -2.05. The van der Waals surface area contributed by atoms with Gasteiger partial charge in [0.25, 0.3) is 0 Å². The maximum Gasteiger partial charge on any atom is 0.129 e. The van der Waals surface area contributed by atoms with Crippen LogP contribution in [0.25, 0.3) is 10.9 Å². The highest BCUT2D eigenvalue weighted by molar-refractivity contribution is 5.81. The van der Waals surface area contributed by atoms with Crippen molar-refractivity contribution in [1.82, 2.24) is 4.98 Å². The van der Waals surface area contributed by atoms with Gasteiger partial charge in [-0.1, -0.05) is 32.0 Å². The Hall–Kier alpha value is -1.61. The fourth-order valence-corrected chi connectivity index (χ4v) is 1.69. The number of anilines is 1. The second kappa shape index (κ2) is 5.15. The van der Waals surface area contributed by atoms with Gasteiger partial charge in [0.2, 0.25) is 0 Å². The van der Waals surface area contributed by atoms with E-state index in [1.54, 1.807) is 0 Å². The van der Waals surface area contributed by atoms with Gasteiger partial charge in [-0.25, -0.2) is 4.98 Å². The fraction of sp³-hybridized carbons (Fsp3) is 0.357. The number of aromatic nitrogens is 1. The van der Waals surface area contributed by atoms with Crippen LogP contribution in [0, 0.1) is 5.92 Å². The number of nitrogens with two attached hydrogens (primary N) is 1. The predicted octanol–water partition coefficient (Wildman–Crippen LogP) is 2.99. The Morgan fingerprint density at radius 1 is 1.29 bits per heavy atom. The van der Waals surface area contributed by atoms with Crippen molar-refractivity contribution in [2.24, 2.45) is 5.92 Å². The fourth-order valence-electron chi connectivity index (χ4n) is 1.69. The lowest BCUT2D eigenvalue weighted by molar-refractivity contribution is 0.0974. The number of hydrogen-bond acceptors (Lipinski definition) is 3. The second-order valence-corrected chi connectivity index (χ2v) is 4.63. The average molecular weight is 230 g/mol. The van der Waals surface area contributed by atoms with Crippen LogP contribution in [-0.2, 0) is 11.3 Å². The molecule has 0 unspecified atom stereocenters. The molecule has 2 rings (SSSR count). The highest BCUT2D eigenvalue weighted by atomic mass is 16.5. The minimum Gasteiger partial charge on any atom is -0.383 e. The van der Waals surface area contributed by atoms with Crippen molar-refractivity contribution in [1.29, 1.82) is 0 Å². The quantitative estimate of drug-likeness (QED) is 0.878. The van der Waals surface area contributed by atoms with Crippen molar-refractivity contribution in [2.75, 3.05) is 12.3 Å². The van der Waals surface area contributed by atoms with E-state index >= 15 is 0 Å². The monoisotopic (exact) mass is 230 g/mol. The summed E-state index contributed by atoms with van der Waals surface area (Å²) in [5.74, 6) is 1.09. The van der Waals surface area contributed by atoms with Crippen molar-refractivity contribution < 1.29 is 4.74 Å². The van der Waals surface area contributed by atoms with Gasteiger partial charge in [-0.3, -0.25) is 0 Å². The van der Waals surface area contributed by atoms with E-state index in [2.05, 4.69) is 24.9 Å². The first-order valence-electron chi connectivity index (χ1n) is 5.88. The van der Waals surface area contributed by atoms with Crippen LogP contribution in [0.15, 0.2) is 30.3 Å². The molecule has 2 aromatic rings. The second-order valence-electron chi connectivity index (χ2n) is 4.63. The van der Waals surface area contributed by atoms with E-state index in [0.29, 0.717) is 18.3 Å². The largest absolute Gasteiger partial charge is 0.383 e. The van der Waals surface area contributed by atoms with Gasteiger partial charge in [-0.05, 0) is 18.1 Å². The summed E-state index contributed by atoms with van der Waals surface area (Å²) in [6, 6.07) is 10.0. The van der Waals surface area contributed by atoms with Crippen molar-refractivity contribution in [3.8, 4) is 0 Å². The summed E-state index contributed by atoms with van der Waals surface area (Å²) in [5.41, 5.74) is 7.80. The molecule has 3 heteroatoms. The highest BCUT2D eigenvalue weighted by Gasteiger charge is 2.04. The number of para-hydroxylation sites is 1. The summed E-state index contributed by atoms with van der Waals surface area (Å²) in [5, 5.41) is 1.10. The number of fused-ring (bicyclic) bond motifs is 1. The van der Waals surface area contributed by atoms with E-state index in [1.165, 1.54) is 0 Å². The Bertz CT molecular complexity index is 509. The van der Waals surface area contributed by atoms with Crippen LogP contribution in [0.1, 0.15) is 19.4 Å². The summed E-state index contributed by atoms with van der Waals surface area (Å²) in [4.78, 5) is 4.37. The molecule has 1 aromatic heterocycles. The van der Waals surface area contributed by atoms with E-state index in [9.17, 15) is 0 Å². The highest BCUT2D eigenvalue weighted by Crippen LogP contribution is 2.19. The van der Waals surface area contributed by atoms with E-state index in [0.717, 1.165) is 23.1 Å². The molecule has 3 nitrogen and oxygen atoms in total. The molecule has 17 heavy (non-hydrogen) atoms. The molecule has 0 saturated carbocycles. The molecule has 1 heterocycles. The third-order valence-electron chi connectivity index (χ3n) is 2.55. The molecule has 0 aliphatic carbocycles. The number of nitrogen functional groups attached to an aromatic ring is 1. The maximum absolute atomic E-state index is 5.91. The summed E-state index contributed by atoms with van der Waals surface area (Å²) in [6.07, 6.45) is 0. The molecule has 0 radical (unpaired) electrons. The molecule has 0 fully saturated rings. The van der Waals surface area contributed by atoms with Gasteiger partial charge in [0.05, 0.1) is 12.1 Å². The molecule has 0 bridgehead atoms. The molecule has 0 aliphatic rings. The summed E-state index contributed by atoms with van der Waals surface area (Å²) < 4.78 is 5.59. The first kappa shape index (κ1) is 11.9. The third-order valence-corrected chi connectivity index (χ3v) is 2.55. The summed E-state index contributed by atoms with van der Waals surface area (Å²) in [6.45, 7) is 5.53. The van der Waals surface area contributed by atoms with Crippen LogP contribution >= 0.6 is 0 Å². The van der Waals surface area contributed by atoms with Crippen LogP contribution in [0.4, 0.5) is 5.82 Å². The number of benzene rings is 1. The smallest absolute Gasteiger partial charge is 0.129 e. The minimum absolute atomic E-state index is 0.530. The van der Waals surface area contributed by atoms with Crippen molar-refractivity contribution >= 4 is 16.7 Å². The first-order chi connectivity index (χ1) is 8.16. The van der Waals surface area contributed by atoms with Crippen LogP contribution in [-0.4, -0.2) is 11.6 Å². The molecule has 0 spiro atoms. The van der Waals surface area contributed by atoms with Crippen LogP contribution in [0.3, 0.4) is 0 Å². The van der Waals surface area contributed by atoms with E-state index < -0.39 is 0 Å². The van der Waals surface area contributed by atoms with E-state index in [1.807, 2.05) is 24.3 Å². The van der Waals surface area contributed by atoms with Gasteiger partial charge >= 0.3 is 0 Å². The van der Waals surface area contributed by atoms with E-state index in [-0.39, 0.29) is 0 Å². The van der Waals surface area contributed by atoms with Gasteiger partial charge in [-0.15, -0.1) is 0 Å². The molecule has 2 N–H and O–H groups in total. The standard InChI is InChI=1S/C14H18N2O/c1-10(2)8-17-9-12-7-11-5-3-4-6-13(11)16-14(12)15/h3-7,10H,8-9H2,1-2H3,(H2,15,16). The van der Waals surface area contributed by atoms with Crippen LogP contribution < -0.4 is 5.73 Å². The number of pyridine rings is 1. The molecule has 1 aromatic carbocycles. The van der Waals surface area contributed by atoms with Gasteiger partial charge in [0.1, 0.15) is 5.82 Å². The third kappa shape index (κ3) is 2.94. The Kier molecular flexibility index (Phi) is 3.59. The molecule has 0 aliphatic heterocycles. The summed E-state index contributed by atoms with van der Waals surface area (Å²) >= 11 is 0. The zero-order chi connectivity index (χ0) is 12.3. The minimum atomic E-state index is 0.530. The number of nitrogens with zero attached hydrogens (tertiary/aromatic N) is 1. The normalized spacial score (nSPS) is 11.2. The van der Waals surface area contributed by atoms with Gasteiger partial charge in [0, 0.05) is 17.6 Å². The Morgan fingerprint density at radius 3 is 2.82 bits per heavy atom. The van der Waals surface area contributed by atoms with E-state index in [4.69, 9.17) is 10.5 Å². The molecule has 0 atom stereocenters. The Balaban J connectivity index is 2.19. The average Bonchev–Trinajstić information content (AvgIpc) is 2.29. The van der Waals surface area contributed by atoms with Crippen LogP contribution in [0.5, 0.6) is 0 Å². The predicted molar refractivity (Wildman–Crippen MR) is 70.6 cm³/mol. The SMILES string of the molecule is CC(C)COCc1cc2ccccc2nc1N. The zero-order valence-electron chi connectivity index (χ0n) is 10.3.